The molecule has 2 heterocycles. The zero-order chi connectivity index (χ0) is 23.5. The number of hydrogen-bond acceptors (Lipinski definition) is 4. The highest BCUT2D eigenvalue weighted by atomic mass is 19.4. The van der Waals surface area contributed by atoms with Gasteiger partial charge >= 0.3 is 12.5 Å². The van der Waals surface area contributed by atoms with Crippen LogP contribution in [-0.4, -0.2) is 48.0 Å². The van der Waals surface area contributed by atoms with E-state index in [4.69, 9.17) is 10.8 Å². The molecule has 0 unspecified atom stereocenters. The Morgan fingerprint density at radius 1 is 1.06 bits per heavy atom. The number of anilines is 2. The molecule has 2 aromatic carbocycles. The molecule has 2 atom stereocenters. The maximum atomic E-state index is 12.6. The van der Waals surface area contributed by atoms with Gasteiger partial charge in [0.05, 0.1) is 5.92 Å². The largest absolute Gasteiger partial charge is 0.573 e. The highest BCUT2D eigenvalue weighted by Gasteiger charge is 2.44. The molecule has 0 aliphatic carbocycles. The summed E-state index contributed by atoms with van der Waals surface area (Å²) in [6, 6.07) is 10.8. The second-order valence-electron chi connectivity index (χ2n) is 7.43. The normalized spacial score (nSPS) is 20.3. The van der Waals surface area contributed by atoms with E-state index in [0.717, 1.165) is 12.1 Å². The Morgan fingerprint density at radius 3 is 2.22 bits per heavy atom. The smallest absolute Gasteiger partial charge is 0.465 e. The van der Waals surface area contributed by atoms with Crippen LogP contribution in [0.3, 0.4) is 0 Å². The standard InChI is InChI=1S/C15H15F3N2O4.C6H6FN/c16-15(17,18)24-11-3-1-10(2-4-11)20-6-5-9-7-19(14(22)23)8-12(9)13(20)21;7-5-1-3-6(8)4-2-5/h1-4,9,12H,5-8H2,(H,22,23);1-4H,8H2/t9-,12+;/m0./s1. The number of carbonyl (C=O) groups excluding carboxylic acids is 1. The van der Waals surface area contributed by atoms with Crippen molar-refractivity contribution < 1.29 is 37.0 Å². The molecule has 2 amide bonds. The molecule has 172 valence electrons. The Balaban J connectivity index is 0.000000305. The zero-order valence-electron chi connectivity index (χ0n) is 16.8. The average Bonchev–Trinajstić information content (AvgIpc) is 3.16. The number of benzene rings is 2. The van der Waals surface area contributed by atoms with Crippen LogP contribution in [0, 0.1) is 17.7 Å². The molecule has 2 aliphatic heterocycles. The second kappa shape index (κ2) is 9.33. The summed E-state index contributed by atoms with van der Waals surface area (Å²) in [5, 5.41) is 9.05. The minimum Gasteiger partial charge on any atom is -0.465 e. The van der Waals surface area contributed by atoms with Gasteiger partial charge in [-0.15, -0.1) is 13.2 Å². The summed E-state index contributed by atoms with van der Waals surface area (Å²) in [6.45, 7) is 0.912. The summed E-state index contributed by atoms with van der Waals surface area (Å²) < 4.78 is 52.3. The van der Waals surface area contributed by atoms with Crippen molar-refractivity contribution in [2.45, 2.75) is 12.8 Å². The van der Waals surface area contributed by atoms with Gasteiger partial charge in [-0.1, -0.05) is 0 Å². The monoisotopic (exact) mass is 455 g/mol. The first-order chi connectivity index (χ1) is 15.0. The summed E-state index contributed by atoms with van der Waals surface area (Å²) >= 11 is 0. The van der Waals surface area contributed by atoms with Crippen molar-refractivity contribution in [1.29, 1.82) is 0 Å². The fraction of sp³-hybridized carbons (Fsp3) is 0.333. The number of alkyl halides is 3. The maximum absolute atomic E-state index is 12.6. The fourth-order valence-electron chi connectivity index (χ4n) is 3.75. The third-order valence-electron chi connectivity index (χ3n) is 5.27. The number of carboxylic acid groups (broad SMARTS) is 1. The topological polar surface area (TPSA) is 96.1 Å². The van der Waals surface area contributed by atoms with E-state index in [2.05, 4.69) is 4.74 Å². The molecule has 0 bridgehead atoms. The number of ether oxygens (including phenoxy) is 1. The maximum Gasteiger partial charge on any atom is 0.573 e. The predicted octanol–water partition coefficient (Wildman–Crippen LogP) is 3.96. The average molecular weight is 455 g/mol. The zero-order valence-corrected chi connectivity index (χ0v) is 16.8. The van der Waals surface area contributed by atoms with Crippen LogP contribution in [0.5, 0.6) is 5.75 Å². The molecule has 7 nitrogen and oxygen atoms in total. The highest BCUT2D eigenvalue weighted by molar-refractivity contribution is 5.96. The lowest BCUT2D eigenvalue weighted by atomic mass is 9.87. The highest BCUT2D eigenvalue weighted by Crippen LogP contribution is 2.35. The van der Waals surface area contributed by atoms with Crippen molar-refractivity contribution in [3.05, 3.63) is 54.3 Å². The molecule has 0 aromatic heterocycles. The van der Waals surface area contributed by atoms with Gasteiger partial charge in [0.25, 0.3) is 0 Å². The van der Waals surface area contributed by atoms with Crippen LogP contribution in [0.2, 0.25) is 0 Å². The molecule has 4 rings (SSSR count). The van der Waals surface area contributed by atoms with Crippen LogP contribution >= 0.6 is 0 Å². The SMILES string of the molecule is Nc1ccc(F)cc1.O=C(O)N1C[C@@H]2CCN(c3ccc(OC(F)(F)F)cc3)C(=O)[C@@H]2C1. The minimum atomic E-state index is -4.76. The number of nitrogen functional groups attached to an aromatic ring is 1. The van der Waals surface area contributed by atoms with Crippen molar-refractivity contribution in [2.75, 3.05) is 30.3 Å². The van der Waals surface area contributed by atoms with Crippen LogP contribution in [-0.2, 0) is 4.79 Å². The number of carbonyl (C=O) groups is 2. The van der Waals surface area contributed by atoms with Crippen LogP contribution in [0.1, 0.15) is 6.42 Å². The lowest BCUT2D eigenvalue weighted by Crippen LogP contribution is -2.45. The summed E-state index contributed by atoms with van der Waals surface area (Å²) in [5.74, 6) is -1.20. The lowest BCUT2D eigenvalue weighted by molar-refractivity contribution is -0.274. The number of amides is 2. The predicted molar refractivity (Wildman–Crippen MR) is 107 cm³/mol. The van der Waals surface area contributed by atoms with Gasteiger partial charge in [0.1, 0.15) is 11.6 Å². The van der Waals surface area contributed by atoms with Gasteiger partial charge < -0.3 is 25.4 Å². The van der Waals surface area contributed by atoms with E-state index in [0.29, 0.717) is 30.9 Å². The molecular formula is C21H21F4N3O4. The van der Waals surface area contributed by atoms with E-state index in [9.17, 15) is 27.2 Å². The summed E-state index contributed by atoms with van der Waals surface area (Å²) in [7, 11) is 0. The Morgan fingerprint density at radius 2 is 1.69 bits per heavy atom. The van der Waals surface area contributed by atoms with Gasteiger partial charge in [-0.3, -0.25) is 4.79 Å². The Labute approximate surface area is 181 Å². The summed E-state index contributed by atoms with van der Waals surface area (Å²) in [5.41, 5.74) is 6.32. The minimum absolute atomic E-state index is 0.00214. The number of halogens is 4. The van der Waals surface area contributed by atoms with Gasteiger partial charge in [-0.05, 0) is 60.9 Å². The Bertz CT molecular complexity index is 930. The van der Waals surface area contributed by atoms with E-state index in [-0.39, 0.29) is 29.9 Å². The second-order valence-corrected chi connectivity index (χ2v) is 7.43. The van der Waals surface area contributed by atoms with Crippen molar-refractivity contribution in [3.63, 3.8) is 0 Å². The third kappa shape index (κ3) is 5.80. The van der Waals surface area contributed by atoms with E-state index >= 15 is 0 Å². The van der Waals surface area contributed by atoms with Gasteiger partial charge in [-0.2, -0.15) is 0 Å². The van der Waals surface area contributed by atoms with Crippen molar-refractivity contribution >= 4 is 23.4 Å². The van der Waals surface area contributed by atoms with E-state index in [1.165, 1.54) is 46.2 Å². The van der Waals surface area contributed by atoms with Crippen LogP contribution < -0.4 is 15.4 Å². The number of piperidine rings is 1. The molecule has 32 heavy (non-hydrogen) atoms. The molecule has 2 aromatic rings. The molecule has 2 aliphatic rings. The van der Waals surface area contributed by atoms with Gasteiger partial charge in [-0.25, -0.2) is 9.18 Å². The molecule has 2 saturated heterocycles. The Hall–Kier alpha value is -3.50. The third-order valence-corrected chi connectivity index (χ3v) is 5.27. The molecule has 0 spiro atoms. The van der Waals surface area contributed by atoms with Gasteiger partial charge in [0.2, 0.25) is 5.91 Å². The Kier molecular flexibility index (Phi) is 6.75. The van der Waals surface area contributed by atoms with E-state index in [1.807, 2.05) is 0 Å². The van der Waals surface area contributed by atoms with Gasteiger partial charge in [0.15, 0.2) is 0 Å². The molecule has 0 saturated carbocycles. The molecule has 2 fully saturated rings. The number of nitrogens with two attached hydrogens (primary N) is 1. The first-order valence-electron chi connectivity index (χ1n) is 9.69. The first kappa shape index (κ1) is 23.2. The van der Waals surface area contributed by atoms with E-state index < -0.39 is 18.4 Å². The fourth-order valence-corrected chi connectivity index (χ4v) is 3.75. The quantitative estimate of drug-likeness (QED) is 0.528. The number of rotatable bonds is 2. The molecular weight excluding hydrogens is 434 g/mol. The molecule has 0 radical (unpaired) electrons. The molecule has 3 N–H and O–H groups in total. The summed E-state index contributed by atoms with van der Waals surface area (Å²) in [6.07, 6.45) is -5.15. The van der Waals surface area contributed by atoms with Gasteiger partial charge in [0, 0.05) is 31.0 Å². The first-order valence-corrected chi connectivity index (χ1v) is 9.69. The van der Waals surface area contributed by atoms with Crippen LogP contribution in [0.15, 0.2) is 48.5 Å². The summed E-state index contributed by atoms with van der Waals surface area (Å²) in [4.78, 5) is 26.4. The number of nitrogens with zero attached hydrogens (tertiary/aromatic N) is 2. The van der Waals surface area contributed by atoms with Crippen molar-refractivity contribution in [2.24, 2.45) is 11.8 Å². The molecule has 11 heteroatoms. The van der Waals surface area contributed by atoms with E-state index in [1.54, 1.807) is 0 Å². The number of likely N-dealkylation sites (tertiary alicyclic amines) is 1. The lowest BCUT2D eigenvalue weighted by Gasteiger charge is -2.33. The number of fused-ring (bicyclic) bond motifs is 1. The van der Waals surface area contributed by atoms with Crippen molar-refractivity contribution in [1.82, 2.24) is 4.90 Å². The van der Waals surface area contributed by atoms with Crippen LogP contribution in [0.4, 0.5) is 33.7 Å². The number of hydrogen-bond donors (Lipinski definition) is 2. The van der Waals surface area contributed by atoms with Crippen LogP contribution in [0.25, 0.3) is 0 Å². The van der Waals surface area contributed by atoms with Crippen molar-refractivity contribution in [3.8, 4) is 5.75 Å².